The van der Waals surface area contributed by atoms with Gasteiger partial charge in [-0.15, -0.1) is 0 Å². The summed E-state index contributed by atoms with van der Waals surface area (Å²) in [5.41, 5.74) is -3.35. The van der Waals surface area contributed by atoms with E-state index in [0.717, 1.165) is 12.3 Å². The van der Waals surface area contributed by atoms with Crippen molar-refractivity contribution in [3.63, 3.8) is 0 Å². The fourth-order valence-electron chi connectivity index (χ4n) is 3.38. The van der Waals surface area contributed by atoms with Crippen LogP contribution in [-0.2, 0) is 12.1 Å². The molecule has 0 N–H and O–H groups in total. The molecule has 0 unspecified atom stereocenters. The number of hydrogen-bond acceptors (Lipinski definition) is 6. The monoisotopic (exact) mass is 513 g/mol. The van der Waals surface area contributed by atoms with E-state index in [4.69, 9.17) is 11.6 Å². The predicted octanol–water partition coefficient (Wildman–Crippen LogP) is 5.45. The topological polar surface area (TPSA) is 72.6 Å². The Labute approximate surface area is 198 Å². The molecule has 0 aliphatic heterocycles. The molecule has 14 heteroatoms. The van der Waals surface area contributed by atoms with Crippen molar-refractivity contribution in [2.24, 2.45) is 0 Å². The lowest BCUT2D eigenvalue weighted by atomic mass is 9.99. The van der Waals surface area contributed by atoms with E-state index >= 15 is 0 Å². The van der Waals surface area contributed by atoms with Gasteiger partial charge in [0.15, 0.2) is 12.5 Å². The molecule has 0 bridgehead atoms. The molecule has 35 heavy (non-hydrogen) atoms. The third-order valence-corrected chi connectivity index (χ3v) is 5.36. The molecule has 1 aromatic carbocycles. The summed E-state index contributed by atoms with van der Waals surface area (Å²) in [5, 5.41) is 3.47. The van der Waals surface area contributed by atoms with E-state index in [1.807, 2.05) is 0 Å². The first-order valence-corrected chi connectivity index (χ1v) is 10.1. The molecule has 0 fully saturated rings. The summed E-state index contributed by atoms with van der Waals surface area (Å²) < 4.78 is 83.9. The first kappa shape index (κ1) is 24.4. The highest BCUT2D eigenvalue weighted by Gasteiger charge is 2.39. The van der Waals surface area contributed by atoms with Gasteiger partial charge in [0.25, 0.3) is 5.95 Å². The highest BCUT2D eigenvalue weighted by Crippen LogP contribution is 2.44. The number of fused-ring (bicyclic) bond motifs is 1. The largest absolute Gasteiger partial charge is 0.418 e. The molecule has 0 amide bonds. The zero-order valence-corrected chi connectivity index (χ0v) is 18.5. The molecule has 0 spiro atoms. The average molecular weight is 514 g/mol. The Morgan fingerprint density at radius 1 is 1.09 bits per heavy atom. The maximum Gasteiger partial charge on any atom is 0.418 e. The zero-order chi connectivity index (χ0) is 25.5. The summed E-state index contributed by atoms with van der Waals surface area (Å²) >= 11 is 6.27. The van der Waals surface area contributed by atoms with Crippen LogP contribution in [0.15, 0.2) is 49.7 Å². The molecule has 0 saturated carbocycles. The Kier molecular flexibility index (Phi) is 6.13. The molecule has 3 heterocycles. The minimum Gasteiger partial charge on any atom is -0.340 e. The smallest absolute Gasteiger partial charge is 0.340 e. The van der Waals surface area contributed by atoms with Crippen molar-refractivity contribution >= 4 is 33.9 Å². The summed E-state index contributed by atoms with van der Waals surface area (Å²) in [4.78, 5) is 17.2. The molecule has 0 aliphatic rings. The van der Waals surface area contributed by atoms with E-state index < -0.39 is 35.4 Å². The van der Waals surface area contributed by atoms with Crippen LogP contribution in [0.2, 0.25) is 5.02 Å². The molecular weight excluding hydrogens is 500 g/mol. The maximum absolute atomic E-state index is 14.2. The number of alkyl halides is 6. The Morgan fingerprint density at radius 2 is 1.77 bits per heavy atom. The van der Waals surface area contributed by atoms with Gasteiger partial charge in [-0.05, 0) is 18.2 Å². The number of nitrogens with zero attached hydrogens (tertiary/aromatic N) is 7. The third kappa shape index (κ3) is 4.38. The van der Waals surface area contributed by atoms with Gasteiger partial charge in [-0.3, -0.25) is 4.98 Å². The molecule has 0 saturated heterocycles. The van der Waals surface area contributed by atoms with Crippen LogP contribution in [0.4, 0.5) is 32.0 Å². The lowest BCUT2D eigenvalue weighted by Crippen LogP contribution is -2.21. The minimum absolute atomic E-state index is 0.0700. The standard InChI is InChI=1S/C21H14ClF6N7/c1-11(18-32-10-33-35(18)19-29-4-3-5-30-19)34(2)17-13-6-12(20(24,25)9-23)7-14(21(26,27)28)16(13)31-8-15(17)22/h3-8,10H,1,9H2,2H3. The van der Waals surface area contributed by atoms with Crippen LogP contribution in [0.25, 0.3) is 22.5 Å². The zero-order valence-electron chi connectivity index (χ0n) is 17.7. The average Bonchev–Trinajstić information content (AvgIpc) is 3.32. The minimum atomic E-state index is -5.06. The van der Waals surface area contributed by atoms with Gasteiger partial charge in [0.1, 0.15) is 6.33 Å². The van der Waals surface area contributed by atoms with E-state index in [-0.39, 0.29) is 39.6 Å². The van der Waals surface area contributed by atoms with Gasteiger partial charge < -0.3 is 4.90 Å². The van der Waals surface area contributed by atoms with Gasteiger partial charge >= 0.3 is 12.1 Å². The second kappa shape index (κ2) is 8.80. The van der Waals surface area contributed by atoms with E-state index in [0.29, 0.717) is 0 Å². The molecule has 4 rings (SSSR count). The molecule has 3 aromatic heterocycles. The summed E-state index contributed by atoms with van der Waals surface area (Å²) in [6.07, 6.45) is -0.00838. The number of rotatable bonds is 6. The van der Waals surface area contributed by atoms with Gasteiger partial charge in [-0.1, -0.05) is 18.2 Å². The Morgan fingerprint density at radius 3 is 2.40 bits per heavy atom. The van der Waals surface area contributed by atoms with E-state index in [1.54, 1.807) is 6.07 Å². The maximum atomic E-state index is 14.2. The molecular formula is C21H14ClF6N7. The summed E-state index contributed by atoms with van der Waals surface area (Å²) in [7, 11) is 1.39. The predicted molar refractivity (Wildman–Crippen MR) is 116 cm³/mol. The molecule has 182 valence electrons. The molecule has 4 aromatic rings. The third-order valence-electron chi connectivity index (χ3n) is 5.08. The van der Waals surface area contributed by atoms with Crippen molar-refractivity contribution in [2.75, 3.05) is 18.6 Å². The van der Waals surface area contributed by atoms with Crippen molar-refractivity contribution in [1.29, 1.82) is 0 Å². The highest BCUT2D eigenvalue weighted by molar-refractivity contribution is 6.35. The van der Waals surface area contributed by atoms with Crippen LogP contribution in [0, 0.1) is 0 Å². The van der Waals surface area contributed by atoms with Crippen LogP contribution >= 0.6 is 11.6 Å². The van der Waals surface area contributed by atoms with E-state index in [2.05, 4.69) is 31.6 Å². The van der Waals surface area contributed by atoms with E-state index in [9.17, 15) is 26.3 Å². The molecule has 0 aliphatic carbocycles. The van der Waals surface area contributed by atoms with Crippen molar-refractivity contribution in [1.82, 2.24) is 29.7 Å². The van der Waals surface area contributed by atoms with Gasteiger partial charge in [-0.2, -0.15) is 31.7 Å². The Bertz CT molecular complexity index is 1400. The molecule has 0 atom stereocenters. The fraction of sp³-hybridized carbons (Fsp3) is 0.190. The van der Waals surface area contributed by atoms with Crippen LogP contribution in [0.5, 0.6) is 0 Å². The quantitative estimate of drug-likeness (QED) is 0.319. The van der Waals surface area contributed by atoms with E-state index in [1.165, 1.54) is 35.4 Å². The summed E-state index contributed by atoms with van der Waals surface area (Å²) in [6, 6.07) is 2.49. The van der Waals surface area contributed by atoms with Crippen LogP contribution < -0.4 is 4.90 Å². The van der Waals surface area contributed by atoms with Crippen LogP contribution in [0.1, 0.15) is 17.0 Å². The van der Waals surface area contributed by atoms with Gasteiger partial charge in [-0.25, -0.2) is 19.3 Å². The van der Waals surface area contributed by atoms with Gasteiger partial charge in [0, 0.05) is 36.6 Å². The van der Waals surface area contributed by atoms with Crippen molar-refractivity contribution in [2.45, 2.75) is 12.1 Å². The van der Waals surface area contributed by atoms with Crippen LogP contribution in [0.3, 0.4) is 0 Å². The normalized spacial score (nSPS) is 12.2. The molecule has 7 nitrogen and oxygen atoms in total. The lowest BCUT2D eigenvalue weighted by molar-refractivity contribution is -0.136. The summed E-state index contributed by atoms with van der Waals surface area (Å²) in [5.74, 6) is -3.95. The fourth-order valence-corrected chi connectivity index (χ4v) is 3.66. The Hall–Kier alpha value is -3.74. The van der Waals surface area contributed by atoms with Crippen molar-refractivity contribution < 1.29 is 26.3 Å². The number of anilines is 1. The van der Waals surface area contributed by atoms with Crippen LogP contribution in [-0.4, -0.2) is 43.4 Å². The number of pyridine rings is 1. The van der Waals surface area contributed by atoms with Crippen molar-refractivity contribution in [3.8, 4) is 5.95 Å². The number of benzene rings is 1. The summed E-state index contributed by atoms with van der Waals surface area (Å²) in [6.45, 7) is 1.71. The lowest BCUT2D eigenvalue weighted by Gasteiger charge is -2.25. The number of hydrogen-bond donors (Lipinski definition) is 0. The SMILES string of the molecule is C=C(c1ncnn1-c1ncccn1)N(C)c1c(Cl)cnc2c(C(F)(F)F)cc(C(F)(F)CF)cc12. The number of halogens is 7. The molecule has 0 radical (unpaired) electrons. The van der Waals surface area contributed by atoms with Crippen molar-refractivity contribution in [3.05, 3.63) is 71.7 Å². The first-order valence-electron chi connectivity index (χ1n) is 9.70. The first-order chi connectivity index (χ1) is 16.5. The second-order valence-corrected chi connectivity index (χ2v) is 7.67. The number of aromatic nitrogens is 6. The highest BCUT2D eigenvalue weighted by atomic mass is 35.5. The second-order valence-electron chi connectivity index (χ2n) is 7.26. The van der Waals surface area contributed by atoms with Gasteiger partial charge in [0.05, 0.1) is 27.5 Å². The van der Waals surface area contributed by atoms with Gasteiger partial charge in [0.2, 0.25) is 0 Å². The Balaban J connectivity index is 1.93.